The van der Waals surface area contributed by atoms with E-state index < -0.39 is 6.29 Å². The first kappa shape index (κ1) is 30.6. The average Bonchev–Trinajstić information content (AvgIpc) is 2.75. The van der Waals surface area contributed by atoms with Crippen LogP contribution in [0.3, 0.4) is 0 Å². The Morgan fingerprint density at radius 3 is 1.29 bits per heavy atom. The highest BCUT2D eigenvalue weighted by atomic mass is 16.5. The fraction of sp³-hybridized carbons (Fsp3) is 0.963. The highest BCUT2D eigenvalue weighted by Crippen LogP contribution is 2.15. The SMILES string of the molecule is CCCCCCCCCCCCCCCCCCCCCC(=O)C(CC)NCC(O)O. The molecule has 0 aromatic carbocycles. The molecule has 0 aliphatic rings. The lowest BCUT2D eigenvalue weighted by molar-refractivity contribution is -0.121. The smallest absolute Gasteiger partial charge is 0.164 e. The van der Waals surface area contributed by atoms with Crippen LogP contribution < -0.4 is 5.32 Å². The first-order chi connectivity index (χ1) is 15.1. The molecule has 0 radical (unpaired) electrons. The molecule has 0 heterocycles. The molecular weight excluding hydrogens is 386 g/mol. The summed E-state index contributed by atoms with van der Waals surface area (Å²) in [7, 11) is 0. The van der Waals surface area contributed by atoms with E-state index in [9.17, 15) is 4.79 Å². The van der Waals surface area contributed by atoms with Gasteiger partial charge in [-0.25, -0.2) is 0 Å². The maximum atomic E-state index is 12.1. The molecule has 0 saturated heterocycles. The van der Waals surface area contributed by atoms with E-state index in [-0.39, 0.29) is 18.4 Å². The zero-order chi connectivity index (χ0) is 23.0. The number of aliphatic hydroxyl groups excluding tert-OH is 1. The van der Waals surface area contributed by atoms with Crippen LogP contribution in [0.1, 0.15) is 149 Å². The third kappa shape index (κ3) is 22.5. The van der Waals surface area contributed by atoms with Gasteiger partial charge in [-0.1, -0.05) is 129 Å². The second-order valence-corrected chi connectivity index (χ2v) is 9.43. The Morgan fingerprint density at radius 2 is 0.968 bits per heavy atom. The van der Waals surface area contributed by atoms with Gasteiger partial charge < -0.3 is 15.5 Å². The minimum absolute atomic E-state index is 0.0590. The van der Waals surface area contributed by atoms with Gasteiger partial charge in [0.15, 0.2) is 6.29 Å². The molecule has 0 aliphatic carbocycles. The molecule has 4 nitrogen and oxygen atoms in total. The fourth-order valence-corrected chi connectivity index (χ4v) is 4.29. The van der Waals surface area contributed by atoms with Gasteiger partial charge in [0.2, 0.25) is 0 Å². The topological polar surface area (TPSA) is 69.6 Å². The normalized spacial score (nSPS) is 12.5. The number of hydrogen-bond acceptors (Lipinski definition) is 4. The van der Waals surface area contributed by atoms with Crippen molar-refractivity contribution in [3.63, 3.8) is 0 Å². The van der Waals surface area contributed by atoms with E-state index in [1.54, 1.807) is 0 Å². The Balaban J connectivity index is 3.27. The lowest BCUT2D eigenvalue weighted by atomic mass is 10.0. The van der Waals surface area contributed by atoms with Crippen LogP contribution >= 0.6 is 0 Å². The van der Waals surface area contributed by atoms with Gasteiger partial charge in [-0.05, 0) is 12.8 Å². The summed E-state index contributed by atoms with van der Waals surface area (Å²) in [6.45, 7) is 4.30. The molecule has 1 atom stereocenters. The lowest BCUT2D eigenvalue weighted by Crippen LogP contribution is -2.40. The van der Waals surface area contributed by atoms with Crippen molar-refractivity contribution in [1.29, 1.82) is 0 Å². The zero-order valence-corrected chi connectivity index (χ0v) is 21.0. The summed E-state index contributed by atoms with van der Waals surface area (Å²) in [6, 6.07) is -0.239. The number of unbranched alkanes of at least 4 members (excludes halogenated alkanes) is 18. The Kier molecular flexibility index (Phi) is 23.8. The number of aliphatic hydroxyl groups is 2. The van der Waals surface area contributed by atoms with Gasteiger partial charge in [-0.15, -0.1) is 0 Å². The molecule has 0 aromatic heterocycles. The Labute approximate surface area is 194 Å². The molecule has 0 amide bonds. The van der Waals surface area contributed by atoms with Crippen LogP contribution in [0.5, 0.6) is 0 Å². The largest absolute Gasteiger partial charge is 0.367 e. The van der Waals surface area contributed by atoms with Crippen molar-refractivity contribution in [3.8, 4) is 0 Å². The van der Waals surface area contributed by atoms with E-state index in [2.05, 4.69) is 12.2 Å². The predicted molar refractivity (Wildman–Crippen MR) is 133 cm³/mol. The van der Waals surface area contributed by atoms with Crippen LogP contribution in [-0.4, -0.2) is 34.9 Å². The van der Waals surface area contributed by atoms with E-state index >= 15 is 0 Å². The average molecular weight is 442 g/mol. The highest BCUT2D eigenvalue weighted by Gasteiger charge is 2.15. The monoisotopic (exact) mass is 441 g/mol. The number of rotatable bonds is 25. The van der Waals surface area contributed by atoms with Crippen molar-refractivity contribution in [3.05, 3.63) is 0 Å². The summed E-state index contributed by atoms with van der Waals surface area (Å²) in [5.74, 6) is 0.204. The molecule has 186 valence electrons. The molecule has 0 fully saturated rings. The van der Waals surface area contributed by atoms with Gasteiger partial charge in [-0.3, -0.25) is 4.79 Å². The lowest BCUT2D eigenvalue weighted by Gasteiger charge is -2.16. The molecule has 0 saturated carbocycles. The first-order valence-electron chi connectivity index (χ1n) is 13.7. The Morgan fingerprint density at radius 1 is 0.613 bits per heavy atom. The molecule has 0 aromatic rings. The summed E-state index contributed by atoms with van der Waals surface area (Å²) in [6.07, 6.45) is 25.7. The van der Waals surface area contributed by atoms with Crippen LogP contribution in [-0.2, 0) is 4.79 Å². The summed E-state index contributed by atoms with van der Waals surface area (Å²) in [4.78, 5) is 12.1. The number of carbonyl (C=O) groups excluding carboxylic acids is 1. The Hall–Kier alpha value is -0.450. The van der Waals surface area contributed by atoms with Crippen LogP contribution in [0.4, 0.5) is 0 Å². The molecule has 31 heavy (non-hydrogen) atoms. The standard InChI is InChI=1S/C27H55NO3/c1-3-5-6-7-8-9-10-11-12-13-14-15-16-17-18-19-20-21-22-23-26(29)25(4-2)28-24-27(30)31/h25,27-28,30-31H,3-24H2,1-2H3. The van der Waals surface area contributed by atoms with E-state index in [4.69, 9.17) is 10.2 Å². The molecule has 0 spiro atoms. The van der Waals surface area contributed by atoms with Gasteiger partial charge in [-0.2, -0.15) is 0 Å². The molecule has 0 rings (SSSR count). The summed E-state index contributed by atoms with van der Waals surface area (Å²) in [5.41, 5.74) is 0. The van der Waals surface area contributed by atoms with Crippen LogP contribution in [0.25, 0.3) is 0 Å². The van der Waals surface area contributed by atoms with Crippen molar-refractivity contribution < 1.29 is 15.0 Å². The van der Waals surface area contributed by atoms with Crippen LogP contribution in [0, 0.1) is 0 Å². The summed E-state index contributed by atoms with van der Waals surface area (Å²) < 4.78 is 0. The van der Waals surface area contributed by atoms with E-state index in [1.165, 1.54) is 109 Å². The molecule has 3 N–H and O–H groups in total. The molecular formula is C27H55NO3. The third-order valence-corrected chi connectivity index (χ3v) is 6.37. The minimum atomic E-state index is -1.39. The minimum Gasteiger partial charge on any atom is -0.367 e. The van der Waals surface area contributed by atoms with Gasteiger partial charge in [0, 0.05) is 13.0 Å². The van der Waals surface area contributed by atoms with Gasteiger partial charge in [0.25, 0.3) is 0 Å². The fourth-order valence-electron chi connectivity index (χ4n) is 4.29. The number of nitrogens with one attached hydrogen (secondary N) is 1. The van der Waals surface area contributed by atoms with Crippen LogP contribution in [0.2, 0.25) is 0 Å². The van der Waals surface area contributed by atoms with E-state index in [0.29, 0.717) is 12.8 Å². The molecule has 0 aliphatic heterocycles. The second kappa shape index (κ2) is 24.2. The quantitative estimate of drug-likeness (QED) is 0.105. The van der Waals surface area contributed by atoms with Crippen molar-refractivity contribution in [2.45, 2.75) is 161 Å². The van der Waals surface area contributed by atoms with Crippen molar-refractivity contribution >= 4 is 5.78 Å². The molecule has 4 heteroatoms. The summed E-state index contributed by atoms with van der Waals surface area (Å²) in [5, 5.41) is 20.7. The first-order valence-corrected chi connectivity index (χ1v) is 13.7. The number of ketones is 1. The van der Waals surface area contributed by atoms with E-state index in [0.717, 1.165) is 12.8 Å². The maximum Gasteiger partial charge on any atom is 0.164 e. The zero-order valence-electron chi connectivity index (χ0n) is 21.0. The van der Waals surface area contributed by atoms with Crippen LogP contribution in [0.15, 0.2) is 0 Å². The van der Waals surface area contributed by atoms with Gasteiger partial charge >= 0.3 is 0 Å². The van der Waals surface area contributed by atoms with Crippen molar-refractivity contribution in [1.82, 2.24) is 5.32 Å². The highest BCUT2D eigenvalue weighted by molar-refractivity contribution is 5.83. The number of Topliss-reactive ketones (excluding diaryl/α,β-unsaturated/α-hetero) is 1. The van der Waals surface area contributed by atoms with E-state index in [1.807, 2.05) is 6.92 Å². The van der Waals surface area contributed by atoms with Crippen molar-refractivity contribution in [2.75, 3.05) is 6.54 Å². The van der Waals surface area contributed by atoms with Gasteiger partial charge in [0.1, 0.15) is 5.78 Å². The third-order valence-electron chi connectivity index (χ3n) is 6.37. The predicted octanol–water partition coefficient (Wildman–Crippen LogP) is 7.06. The Bertz CT molecular complexity index is 373. The molecule has 0 bridgehead atoms. The maximum absolute atomic E-state index is 12.1. The number of carbonyl (C=O) groups is 1. The second-order valence-electron chi connectivity index (χ2n) is 9.43. The number of hydrogen-bond donors (Lipinski definition) is 3. The van der Waals surface area contributed by atoms with Gasteiger partial charge in [0.05, 0.1) is 6.04 Å². The summed E-state index contributed by atoms with van der Waals surface area (Å²) >= 11 is 0. The van der Waals surface area contributed by atoms with Crippen molar-refractivity contribution in [2.24, 2.45) is 0 Å². The molecule has 1 unspecified atom stereocenters.